The van der Waals surface area contributed by atoms with Crippen molar-refractivity contribution in [1.82, 2.24) is 9.47 Å². The van der Waals surface area contributed by atoms with Crippen molar-refractivity contribution < 1.29 is 19.0 Å². The Morgan fingerprint density at radius 2 is 1.90 bits per heavy atom. The molecule has 2 saturated heterocycles. The molecule has 5 rings (SSSR count). The summed E-state index contributed by atoms with van der Waals surface area (Å²) in [5.41, 5.74) is 1.89. The third kappa shape index (κ3) is 3.37. The molecule has 0 unspecified atom stereocenters. The summed E-state index contributed by atoms with van der Waals surface area (Å²) in [6, 6.07) is 7.48. The number of rotatable bonds is 3. The summed E-state index contributed by atoms with van der Waals surface area (Å²) >= 11 is 0. The van der Waals surface area contributed by atoms with E-state index in [1.807, 2.05) is 36.1 Å². The zero-order chi connectivity index (χ0) is 20.7. The molecule has 3 aliphatic heterocycles. The molecule has 0 saturated carbocycles. The van der Waals surface area contributed by atoms with Crippen LogP contribution in [0.1, 0.15) is 40.7 Å². The Balaban J connectivity index is 1.36. The Bertz CT molecular complexity index is 1030. The van der Waals surface area contributed by atoms with Crippen LogP contribution in [0.2, 0.25) is 0 Å². The van der Waals surface area contributed by atoms with E-state index in [-0.39, 0.29) is 29.2 Å². The lowest BCUT2D eigenvalue weighted by molar-refractivity contribution is 0.0530. The van der Waals surface area contributed by atoms with E-state index in [1.165, 1.54) is 0 Å². The van der Waals surface area contributed by atoms with E-state index < -0.39 is 0 Å². The lowest BCUT2D eigenvalue weighted by atomic mass is 9.78. The SMILES string of the molecule is Cc1ccn(Cc2ccc3c(c2)OCO3)c(=O)c1C(=O)N1CCC2(CCOC2)CC1. The first-order valence-corrected chi connectivity index (χ1v) is 10.5. The first-order valence-electron chi connectivity index (χ1n) is 10.5. The van der Waals surface area contributed by atoms with Crippen molar-refractivity contribution in [3.8, 4) is 11.5 Å². The van der Waals surface area contributed by atoms with Crippen LogP contribution in [-0.2, 0) is 11.3 Å². The summed E-state index contributed by atoms with van der Waals surface area (Å²) < 4.78 is 17.9. The van der Waals surface area contributed by atoms with Crippen LogP contribution >= 0.6 is 0 Å². The van der Waals surface area contributed by atoms with E-state index in [2.05, 4.69) is 0 Å². The number of hydrogen-bond acceptors (Lipinski definition) is 5. The maximum absolute atomic E-state index is 13.2. The molecule has 4 heterocycles. The molecule has 1 aromatic heterocycles. The lowest BCUT2D eigenvalue weighted by Crippen LogP contribution is -2.45. The van der Waals surface area contributed by atoms with Gasteiger partial charge in [0.05, 0.1) is 13.2 Å². The molecule has 7 nitrogen and oxygen atoms in total. The summed E-state index contributed by atoms with van der Waals surface area (Å²) in [5, 5.41) is 0. The maximum Gasteiger partial charge on any atom is 0.263 e. The molecule has 1 aromatic carbocycles. The molecular weight excluding hydrogens is 384 g/mol. The van der Waals surface area contributed by atoms with Crippen LogP contribution in [0.15, 0.2) is 35.3 Å². The van der Waals surface area contributed by atoms with Gasteiger partial charge in [0.25, 0.3) is 11.5 Å². The molecule has 0 N–H and O–H groups in total. The van der Waals surface area contributed by atoms with E-state index in [4.69, 9.17) is 14.2 Å². The fourth-order valence-electron chi connectivity index (χ4n) is 4.67. The second-order valence-corrected chi connectivity index (χ2v) is 8.59. The van der Waals surface area contributed by atoms with Gasteiger partial charge in [-0.25, -0.2) is 0 Å². The molecular formula is C23H26N2O5. The van der Waals surface area contributed by atoms with Crippen molar-refractivity contribution in [2.45, 2.75) is 32.7 Å². The summed E-state index contributed by atoms with van der Waals surface area (Å²) in [4.78, 5) is 28.3. The minimum atomic E-state index is -0.248. The smallest absolute Gasteiger partial charge is 0.263 e. The first-order chi connectivity index (χ1) is 14.5. The molecule has 0 radical (unpaired) electrons. The van der Waals surface area contributed by atoms with Gasteiger partial charge in [0, 0.05) is 25.9 Å². The minimum absolute atomic E-state index is 0.161. The fraction of sp³-hybridized carbons (Fsp3) is 0.478. The highest BCUT2D eigenvalue weighted by Crippen LogP contribution is 2.39. The Kier molecular flexibility index (Phi) is 4.77. The summed E-state index contributed by atoms with van der Waals surface area (Å²) in [5.74, 6) is 1.23. The Morgan fingerprint density at radius 1 is 1.10 bits per heavy atom. The normalized spacial score (nSPS) is 19.4. The van der Waals surface area contributed by atoms with E-state index in [9.17, 15) is 9.59 Å². The van der Waals surface area contributed by atoms with Gasteiger partial charge in [0.15, 0.2) is 11.5 Å². The number of nitrogens with zero attached hydrogens (tertiary/aromatic N) is 2. The number of benzene rings is 1. The van der Waals surface area contributed by atoms with E-state index in [0.29, 0.717) is 31.1 Å². The Labute approximate surface area is 175 Å². The third-order valence-corrected chi connectivity index (χ3v) is 6.67. The Morgan fingerprint density at radius 3 is 2.67 bits per heavy atom. The van der Waals surface area contributed by atoms with Crippen molar-refractivity contribution in [1.29, 1.82) is 0 Å². The number of likely N-dealkylation sites (tertiary alicyclic amines) is 1. The van der Waals surface area contributed by atoms with Crippen molar-refractivity contribution in [3.05, 3.63) is 57.5 Å². The van der Waals surface area contributed by atoms with E-state index in [1.54, 1.807) is 10.8 Å². The number of pyridine rings is 1. The van der Waals surface area contributed by atoms with Crippen LogP contribution in [0.25, 0.3) is 0 Å². The zero-order valence-corrected chi connectivity index (χ0v) is 17.2. The minimum Gasteiger partial charge on any atom is -0.454 e. The topological polar surface area (TPSA) is 70.0 Å². The second-order valence-electron chi connectivity index (χ2n) is 8.59. The fourth-order valence-corrected chi connectivity index (χ4v) is 4.67. The van der Waals surface area contributed by atoms with Gasteiger partial charge in [0.1, 0.15) is 5.56 Å². The highest BCUT2D eigenvalue weighted by Gasteiger charge is 2.39. The van der Waals surface area contributed by atoms with Gasteiger partial charge in [0.2, 0.25) is 6.79 Å². The van der Waals surface area contributed by atoms with Gasteiger partial charge < -0.3 is 23.7 Å². The molecule has 0 bridgehead atoms. The average Bonchev–Trinajstić information content (AvgIpc) is 3.40. The molecule has 158 valence electrons. The van der Waals surface area contributed by atoms with Crippen LogP contribution in [0.3, 0.4) is 0 Å². The van der Waals surface area contributed by atoms with Gasteiger partial charge in [-0.2, -0.15) is 0 Å². The lowest BCUT2D eigenvalue weighted by Gasteiger charge is -2.38. The average molecular weight is 410 g/mol. The third-order valence-electron chi connectivity index (χ3n) is 6.67. The zero-order valence-electron chi connectivity index (χ0n) is 17.2. The quantitative estimate of drug-likeness (QED) is 0.778. The molecule has 0 aliphatic carbocycles. The number of fused-ring (bicyclic) bond motifs is 1. The predicted octanol–water partition coefficient (Wildman–Crippen LogP) is 2.58. The number of amides is 1. The number of carbonyl (C=O) groups is 1. The number of piperidine rings is 1. The highest BCUT2D eigenvalue weighted by atomic mass is 16.7. The molecule has 2 fully saturated rings. The number of aryl methyl sites for hydroxylation is 1. The standard InChI is InChI=1S/C23H26N2O5/c1-16-4-8-25(13-17-2-3-18-19(12-17)30-15-29-18)22(27)20(16)21(26)24-9-5-23(6-10-24)7-11-28-14-23/h2-4,8,12H,5-7,9-11,13-15H2,1H3. The summed E-state index contributed by atoms with van der Waals surface area (Å²) in [6.45, 7) is 5.38. The van der Waals surface area contributed by atoms with Crippen LogP contribution in [0.5, 0.6) is 11.5 Å². The highest BCUT2D eigenvalue weighted by molar-refractivity contribution is 5.95. The molecule has 1 amide bonds. The maximum atomic E-state index is 13.2. The molecule has 7 heteroatoms. The van der Waals surface area contributed by atoms with Crippen LogP contribution < -0.4 is 15.0 Å². The van der Waals surface area contributed by atoms with E-state index >= 15 is 0 Å². The molecule has 0 atom stereocenters. The second kappa shape index (κ2) is 7.47. The molecule has 1 spiro atoms. The summed E-state index contributed by atoms with van der Waals surface area (Å²) in [6.07, 6.45) is 4.70. The number of hydrogen-bond donors (Lipinski definition) is 0. The van der Waals surface area contributed by atoms with Crippen LogP contribution in [0.4, 0.5) is 0 Å². The van der Waals surface area contributed by atoms with Gasteiger partial charge in [-0.15, -0.1) is 0 Å². The van der Waals surface area contributed by atoms with Crippen molar-refractivity contribution in [2.75, 3.05) is 33.1 Å². The van der Waals surface area contributed by atoms with Gasteiger partial charge in [-0.1, -0.05) is 6.07 Å². The van der Waals surface area contributed by atoms with Gasteiger partial charge in [-0.05, 0) is 60.9 Å². The monoisotopic (exact) mass is 410 g/mol. The van der Waals surface area contributed by atoms with Crippen LogP contribution in [0, 0.1) is 12.3 Å². The van der Waals surface area contributed by atoms with E-state index in [0.717, 1.165) is 43.6 Å². The van der Waals surface area contributed by atoms with Crippen LogP contribution in [-0.4, -0.2) is 48.5 Å². The van der Waals surface area contributed by atoms with Crippen molar-refractivity contribution >= 4 is 5.91 Å². The van der Waals surface area contributed by atoms with Gasteiger partial charge >= 0.3 is 0 Å². The molecule has 2 aromatic rings. The first kappa shape index (κ1) is 19.2. The largest absolute Gasteiger partial charge is 0.454 e. The number of carbonyl (C=O) groups excluding carboxylic acids is 1. The van der Waals surface area contributed by atoms with Gasteiger partial charge in [-0.3, -0.25) is 9.59 Å². The molecule has 3 aliphatic rings. The number of aromatic nitrogens is 1. The van der Waals surface area contributed by atoms with Crippen molar-refractivity contribution in [3.63, 3.8) is 0 Å². The predicted molar refractivity (Wildman–Crippen MR) is 110 cm³/mol. The Hall–Kier alpha value is -2.80. The summed E-state index contributed by atoms with van der Waals surface area (Å²) in [7, 11) is 0. The number of ether oxygens (including phenoxy) is 3. The van der Waals surface area contributed by atoms with Crippen molar-refractivity contribution in [2.24, 2.45) is 5.41 Å². The molecule has 30 heavy (non-hydrogen) atoms.